The van der Waals surface area contributed by atoms with Crippen molar-refractivity contribution >= 4 is 23.8 Å². The molecule has 0 spiro atoms. The fraction of sp³-hybridized carbons (Fsp3) is 0.111. The number of nitrogens with zero attached hydrogens (tertiary/aromatic N) is 1. The Balaban J connectivity index is 2.21. The normalized spacial score (nSPS) is 13.1. The lowest BCUT2D eigenvalue weighted by Crippen LogP contribution is -2.24. The van der Waals surface area contributed by atoms with Gasteiger partial charge in [-0.15, -0.1) is 0 Å². The number of hydrogen-bond acceptors (Lipinski definition) is 4. The molecule has 84 valence electrons. The number of halogens is 1. The monoisotopic (exact) mass is 241 g/mol. The minimum absolute atomic E-state index is 0.172. The first kappa shape index (κ1) is 10.6. The number of benzene rings is 1. The Hall–Kier alpha value is -1.95. The Kier molecular flexibility index (Phi) is 2.82. The molecule has 0 saturated carbocycles. The Morgan fingerprint density at radius 1 is 1.50 bits per heavy atom. The van der Waals surface area contributed by atoms with Gasteiger partial charge in [-0.1, -0.05) is 11.6 Å². The quantitative estimate of drug-likeness (QED) is 0.600. The van der Waals surface area contributed by atoms with Crippen molar-refractivity contribution < 1.29 is 14.3 Å². The SMILES string of the molecule is NC(=O)N/N=C\c1cc2c(cc1Cl)OCO2. The van der Waals surface area contributed by atoms with Crippen LogP contribution in [0.1, 0.15) is 5.56 Å². The molecule has 0 aliphatic carbocycles. The van der Waals surface area contributed by atoms with Crippen LogP contribution in [0.4, 0.5) is 4.79 Å². The van der Waals surface area contributed by atoms with Crippen LogP contribution in [0.5, 0.6) is 11.5 Å². The zero-order chi connectivity index (χ0) is 11.5. The zero-order valence-electron chi connectivity index (χ0n) is 8.07. The van der Waals surface area contributed by atoms with Gasteiger partial charge in [-0.3, -0.25) is 0 Å². The van der Waals surface area contributed by atoms with Gasteiger partial charge in [0.25, 0.3) is 0 Å². The zero-order valence-corrected chi connectivity index (χ0v) is 8.82. The minimum atomic E-state index is -0.742. The second kappa shape index (κ2) is 4.28. The third kappa shape index (κ3) is 2.17. The van der Waals surface area contributed by atoms with E-state index in [2.05, 4.69) is 10.5 Å². The van der Waals surface area contributed by atoms with Gasteiger partial charge in [0.1, 0.15) is 0 Å². The Morgan fingerprint density at radius 3 is 2.88 bits per heavy atom. The molecule has 0 unspecified atom stereocenters. The lowest BCUT2D eigenvalue weighted by Gasteiger charge is -2.00. The number of rotatable bonds is 2. The number of carbonyl (C=O) groups is 1. The topological polar surface area (TPSA) is 85.9 Å². The van der Waals surface area contributed by atoms with Gasteiger partial charge in [0.2, 0.25) is 6.79 Å². The maximum atomic E-state index is 10.4. The van der Waals surface area contributed by atoms with Crippen LogP contribution in [0.3, 0.4) is 0 Å². The number of primary amides is 1. The third-order valence-electron chi connectivity index (χ3n) is 1.87. The van der Waals surface area contributed by atoms with E-state index in [0.29, 0.717) is 22.1 Å². The van der Waals surface area contributed by atoms with Gasteiger partial charge in [0.15, 0.2) is 11.5 Å². The highest BCUT2D eigenvalue weighted by Crippen LogP contribution is 2.36. The van der Waals surface area contributed by atoms with Gasteiger partial charge >= 0.3 is 6.03 Å². The molecule has 6 nitrogen and oxygen atoms in total. The molecule has 0 fully saturated rings. The molecule has 2 amide bonds. The van der Waals surface area contributed by atoms with Gasteiger partial charge in [-0.25, -0.2) is 10.2 Å². The molecule has 2 rings (SSSR count). The van der Waals surface area contributed by atoms with Crippen molar-refractivity contribution in [1.82, 2.24) is 5.43 Å². The number of nitrogens with one attached hydrogen (secondary N) is 1. The average molecular weight is 242 g/mol. The largest absolute Gasteiger partial charge is 0.454 e. The second-order valence-electron chi connectivity index (χ2n) is 2.96. The second-order valence-corrected chi connectivity index (χ2v) is 3.37. The number of hydrogen-bond donors (Lipinski definition) is 2. The first-order chi connectivity index (χ1) is 7.66. The van der Waals surface area contributed by atoms with Crippen molar-refractivity contribution in [2.45, 2.75) is 0 Å². The number of amides is 2. The smallest absolute Gasteiger partial charge is 0.332 e. The summed E-state index contributed by atoms with van der Waals surface area (Å²) < 4.78 is 10.3. The van der Waals surface area contributed by atoms with Crippen LogP contribution in [0.25, 0.3) is 0 Å². The maximum absolute atomic E-state index is 10.4. The Bertz CT molecular complexity index is 462. The number of hydrazone groups is 1. The number of urea groups is 1. The van der Waals surface area contributed by atoms with Gasteiger partial charge in [-0.2, -0.15) is 5.10 Å². The highest BCUT2D eigenvalue weighted by Gasteiger charge is 2.15. The van der Waals surface area contributed by atoms with Crippen LogP contribution < -0.4 is 20.6 Å². The number of fused-ring (bicyclic) bond motifs is 1. The molecule has 16 heavy (non-hydrogen) atoms. The molecule has 0 radical (unpaired) electrons. The van der Waals surface area contributed by atoms with Gasteiger partial charge < -0.3 is 15.2 Å². The van der Waals surface area contributed by atoms with Crippen LogP contribution in [0.2, 0.25) is 5.02 Å². The van der Waals surface area contributed by atoms with Crippen molar-refractivity contribution in [2.24, 2.45) is 10.8 Å². The van der Waals surface area contributed by atoms with E-state index < -0.39 is 6.03 Å². The molecule has 1 aliphatic heterocycles. The van der Waals surface area contributed by atoms with Crippen molar-refractivity contribution in [3.63, 3.8) is 0 Å². The summed E-state index contributed by atoms with van der Waals surface area (Å²) in [6.07, 6.45) is 1.37. The predicted molar refractivity (Wildman–Crippen MR) is 57.9 cm³/mol. The van der Waals surface area contributed by atoms with E-state index in [1.54, 1.807) is 12.1 Å². The minimum Gasteiger partial charge on any atom is -0.454 e. The van der Waals surface area contributed by atoms with E-state index in [-0.39, 0.29) is 6.79 Å². The fourth-order valence-electron chi connectivity index (χ4n) is 1.20. The highest BCUT2D eigenvalue weighted by molar-refractivity contribution is 6.33. The first-order valence-electron chi connectivity index (χ1n) is 4.34. The van der Waals surface area contributed by atoms with Gasteiger partial charge in [-0.05, 0) is 6.07 Å². The summed E-state index contributed by atoms with van der Waals surface area (Å²) >= 11 is 5.95. The van der Waals surface area contributed by atoms with Gasteiger partial charge in [0, 0.05) is 11.6 Å². The maximum Gasteiger partial charge on any atom is 0.332 e. The number of nitrogens with two attached hydrogens (primary N) is 1. The molecule has 1 aliphatic rings. The standard InChI is InChI=1S/C9H8ClN3O3/c10-6-2-8-7(15-4-16-8)1-5(6)3-12-13-9(11)14/h1-3H,4H2,(H3,11,13,14)/b12-3-. The van der Waals surface area contributed by atoms with Crippen LogP contribution in [0.15, 0.2) is 17.2 Å². The van der Waals surface area contributed by atoms with E-state index in [0.717, 1.165) is 0 Å². The summed E-state index contributed by atoms with van der Waals surface area (Å²) in [5.41, 5.74) is 7.51. The molecule has 1 aromatic rings. The molecule has 0 saturated heterocycles. The summed E-state index contributed by atoms with van der Waals surface area (Å²) in [5.74, 6) is 1.18. The molecule has 1 heterocycles. The number of ether oxygens (including phenoxy) is 2. The molecule has 1 aromatic carbocycles. The lowest BCUT2D eigenvalue weighted by atomic mass is 10.2. The van der Waals surface area contributed by atoms with Crippen molar-refractivity contribution in [3.05, 3.63) is 22.7 Å². The Labute approximate surface area is 96.0 Å². The van der Waals surface area contributed by atoms with Crippen LogP contribution >= 0.6 is 11.6 Å². The van der Waals surface area contributed by atoms with E-state index in [9.17, 15) is 4.79 Å². The summed E-state index contributed by atoms with van der Waals surface area (Å²) in [5, 5.41) is 4.04. The van der Waals surface area contributed by atoms with Crippen LogP contribution in [-0.4, -0.2) is 19.0 Å². The summed E-state index contributed by atoms with van der Waals surface area (Å²) in [7, 11) is 0. The molecule has 0 atom stereocenters. The molecular formula is C9H8ClN3O3. The van der Waals surface area contributed by atoms with Crippen molar-refractivity contribution in [1.29, 1.82) is 0 Å². The van der Waals surface area contributed by atoms with E-state index in [4.69, 9.17) is 26.8 Å². The van der Waals surface area contributed by atoms with Crippen LogP contribution in [0, 0.1) is 0 Å². The third-order valence-corrected chi connectivity index (χ3v) is 2.20. The summed E-state index contributed by atoms with van der Waals surface area (Å²) in [6, 6.07) is 2.54. The van der Waals surface area contributed by atoms with Crippen molar-refractivity contribution in [3.8, 4) is 11.5 Å². The van der Waals surface area contributed by atoms with Crippen molar-refractivity contribution in [2.75, 3.05) is 6.79 Å². The Morgan fingerprint density at radius 2 is 2.19 bits per heavy atom. The summed E-state index contributed by atoms with van der Waals surface area (Å²) in [6.45, 7) is 0.172. The molecule has 0 bridgehead atoms. The number of carbonyl (C=O) groups excluding carboxylic acids is 1. The van der Waals surface area contributed by atoms with Crippen LogP contribution in [-0.2, 0) is 0 Å². The molecule has 3 N–H and O–H groups in total. The molecule has 7 heteroatoms. The van der Waals surface area contributed by atoms with E-state index in [1.165, 1.54) is 6.21 Å². The summed E-state index contributed by atoms with van der Waals surface area (Å²) in [4.78, 5) is 10.4. The fourth-order valence-corrected chi connectivity index (χ4v) is 1.40. The van der Waals surface area contributed by atoms with E-state index in [1.807, 2.05) is 0 Å². The molecule has 0 aromatic heterocycles. The molecular weight excluding hydrogens is 234 g/mol. The van der Waals surface area contributed by atoms with E-state index >= 15 is 0 Å². The predicted octanol–water partition coefficient (Wildman–Crippen LogP) is 1.07. The average Bonchev–Trinajstić information content (AvgIpc) is 2.64. The first-order valence-corrected chi connectivity index (χ1v) is 4.72. The highest BCUT2D eigenvalue weighted by atomic mass is 35.5. The lowest BCUT2D eigenvalue weighted by molar-refractivity contribution is 0.174. The van der Waals surface area contributed by atoms with Gasteiger partial charge in [0.05, 0.1) is 11.2 Å².